The monoisotopic (exact) mass is 620 g/mol. The Balaban J connectivity index is 0.000000175. The molecular weight excluding hydrogens is 596 g/mol. The van der Waals surface area contributed by atoms with Gasteiger partial charge in [0.05, 0.1) is 10.5 Å². The highest BCUT2D eigenvalue weighted by molar-refractivity contribution is 9.10. The Morgan fingerprint density at radius 2 is 1.30 bits per heavy atom. The number of nitrogens with zero attached hydrogens (tertiary/aromatic N) is 2. The third-order valence-electron chi connectivity index (χ3n) is 5.74. The molecule has 180 valence electrons. The van der Waals surface area contributed by atoms with Gasteiger partial charge in [0.25, 0.3) is 15.9 Å². The van der Waals surface area contributed by atoms with Gasteiger partial charge in [-0.3, -0.25) is 4.79 Å². The lowest BCUT2D eigenvalue weighted by Gasteiger charge is -2.12. The van der Waals surface area contributed by atoms with Crippen LogP contribution in [0.2, 0.25) is 0 Å². The fourth-order valence-corrected chi connectivity index (χ4v) is 8.92. The third kappa shape index (κ3) is 4.31. The Hall–Kier alpha value is -1.27. The van der Waals surface area contributed by atoms with E-state index >= 15 is 0 Å². The minimum absolute atomic E-state index is 0. The number of hydrogen-bond acceptors (Lipinski definition) is 5. The van der Waals surface area contributed by atoms with Crippen molar-refractivity contribution in [2.75, 3.05) is 0 Å². The van der Waals surface area contributed by atoms with Gasteiger partial charge in [-0.25, -0.2) is 21.1 Å². The van der Waals surface area contributed by atoms with Crippen molar-refractivity contribution < 1.29 is 21.6 Å². The molecule has 2 aromatic rings. The molecule has 7 nitrogen and oxygen atoms in total. The standard InChI is InChI=1S/C10H8BrNO3S.C10H10BrNO2S.2CH4/c11-7-2-1-3-8-9(7)10(13)12(6-4-5-6)16(8,14)15;11-9-2-1-3-10-8(9)6-12(7-4-5-7)15(10,13)14;;/h1-3,6H,4-5H2;1-3,7H,4-6H2;2*1H4. The highest BCUT2D eigenvalue weighted by atomic mass is 79.9. The summed E-state index contributed by atoms with van der Waals surface area (Å²) in [4.78, 5) is 12.6. The van der Waals surface area contributed by atoms with Crippen molar-refractivity contribution in [2.45, 2.75) is 69.0 Å². The summed E-state index contributed by atoms with van der Waals surface area (Å²) >= 11 is 6.63. The molecule has 2 heterocycles. The number of amides is 1. The molecule has 0 unspecified atom stereocenters. The number of sulfonamides is 2. The van der Waals surface area contributed by atoms with Crippen LogP contribution in [-0.2, 0) is 26.6 Å². The molecule has 0 aromatic heterocycles. The second-order valence-electron chi connectivity index (χ2n) is 7.95. The van der Waals surface area contributed by atoms with Gasteiger partial charge in [-0.15, -0.1) is 0 Å². The first-order valence-electron chi connectivity index (χ1n) is 9.80. The average Bonchev–Trinajstić information content (AvgIpc) is 3.62. The molecule has 2 fully saturated rings. The number of carbonyl (C=O) groups excluding carboxylic acids is 1. The summed E-state index contributed by atoms with van der Waals surface area (Å²) in [5.41, 5.74) is 1.18. The Morgan fingerprint density at radius 1 is 0.758 bits per heavy atom. The van der Waals surface area contributed by atoms with Gasteiger partial charge < -0.3 is 0 Å². The summed E-state index contributed by atoms with van der Waals surface area (Å²) in [5.74, 6) is -0.398. The van der Waals surface area contributed by atoms with Crippen LogP contribution in [0.25, 0.3) is 0 Å². The van der Waals surface area contributed by atoms with Gasteiger partial charge in [0.2, 0.25) is 10.0 Å². The molecule has 0 bridgehead atoms. The maximum atomic E-state index is 12.1. The molecule has 1 amide bonds. The van der Waals surface area contributed by atoms with E-state index < -0.39 is 26.0 Å². The highest BCUT2D eigenvalue weighted by Gasteiger charge is 2.49. The molecule has 2 saturated carbocycles. The Bertz CT molecular complexity index is 1320. The van der Waals surface area contributed by atoms with Crippen LogP contribution in [0, 0.1) is 0 Å². The van der Waals surface area contributed by atoms with Gasteiger partial charge in [-0.05, 0) is 65.9 Å². The van der Waals surface area contributed by atoms with E-state index in [1.807, 2.05) is 6.07 Å². The first kappa shape index (κ1) is 26.3. The summed E-state index contributed by atoms with van der Waals surface area (Å²) in [6, 6.07) is 10.3. The SMILES string of the molecule is C.C.O=C1c2c(Br)cccc2S(=O)(=O)N1C1CC1.O=S1(=O)c2cccc(Br)c2CN1C1CC1. The molecule has 0 N–H and O–H groups in total. The first-order valence-corrected chi connectivity index (χ1v) is 14.3. The Labute approximate surface area is 212 Å². The minimum Gasteiger partial charge on any atom is -0.268 e. The first-order chi connectivity index (χ1) is 14.6. The fraction of sp³-hybridized carbons (Fsp3) is 0.409. The van der Waals surface area contributed by atoms with Crippen LogP contribution in [-0.4, -0.2) is 43.4 Å². The minimum atomic E-state index is -3.60. The second-order valence-corrected chi connectivity index (χ2v) is 13.3. The van der Waals surface area contributed by atoms with Crippen molar-refractivity contribution in [1.82, 2.24) is 8.61 Å². The molecule has 0 atom stereocenters. The fourth-order valence-electron chi connectivity index (χ4n) is 3.91. The van der Waals surface area contributed by atoms with Crippen LogP contribution in [0.5, 0.6) is 0 Å². The maximum Gasteiger partial charge on any atom is 0.270 e. The molecule has 2 aromatic carbocycles. The van der Waals surface area contributed by atoms with Crippen molar-refractivity contribution in [3.63, 3.8) is 0 Å². The van der Waals surface area contributed by atoms with E-state index in [4.69, 9.17) is 0 Å². The van der Waals surface area contributed by atoms with Crippen LogP contribution < -0.4 is 0 Å². The summed E-state index contributed by atoms with van der Waals surface area (Å²) < 4.78 is 52.6. The zero-order valence-corrected chi connectivity index (χ0v) is 21.0. The molecule has 2 aliphatic heterocycles. The van der Waals surface area contributed by atoms with Crippen molar-refractivity contribution in [3.05, 3.63) is 56.5 Å². The van der Waals surface area contributed by atoms with Crippen LogP contribution in [0.15, 0.2) is 55.1 Å². The van der Waals surface area contributed by atoms with Gasteiger partial charge in [-0.1, -0.05) is 42.9 Å². The molecule has 11 heteroatoms. The predicted octanol–water partition coefficient (Wildman–Crippen LogP) is 5.14. The molecule has 0 spiro atoms. The molecule has 33 heavy (non-hydrogen) atoms. The van der Waals surface area contributed by atoms with Crippen molar-refractivity contribution >= 4 is 57.8 Å². The van der Waals surface area contributed by atoms with Gasteiger partial charge in [-0.2, -0.15) is 4.31 Å². The van der Waals surface area contributed by atoms with Crippen LogP contribution in [0.3, 0.4) is 0 Å². The third-order valence-corrected chi connectivity index (χ3v) is 11.0. The normalized spacial score (nSPS) is 21.8. The number of benzene rings is 2. The van der Waals surface area contributed by atoms with E-state index in [2.05, 4.69) is 31.9 Å². The number of hydrogen-bond donors (Lipinski definition) is 0. The van der Waals surface area contributed by atoms with E-state index in [1.54, 1.807) is 28.6 Å². The zero-order valence-electron chi connectivity index (χ0n) is 16.2. The summed E-state index contributed by atoms with van der Waals surface area (Å²) in [6.45, 7) is 0.532. The lowest BCUT2D eigenvalue weighted by molar-refractivity contribution is 0.0864. The topological polar surface area (TPSA) is 91.8 Å². The number of fused-ring (bicyclic) bond motifs is 2. The van der Waals surface area contributed by atoms with Crippen molar-refractivity contribution in [1.29, 1.82) is 0 Å². The summed E-state index contributed by atoms with van der Waals surface area (Å²) in [7, 11) is -6.80. The summed E-state index contributed by atoms with van der Waals surface area (Å²) in [6.07, 6.45) is 3.56. The number of rotatable bonds is 2. The van der Waals surface area contributed by atoms with Crippen molar-refractivity contribution in [2.24, 2.45) is 0 Å². The van der Waals surface area contributed by atoms with E-state index in [0.29, 0.717) is 15.9 Å². The number of carbonyl (C=O) groups is 1. The Kier molecular flexibility index (Phi) is 7.24. The molecule has 6 rings (SSSR count). The van der Waals surface area contributed by atoms with Gasteiger partial charge >= 0.3 is 0 Å². The zero-order chi connectivity index (χ0) is 22.1. The van der Waals surface area contributed by atoms with Crippen LogP contribution >= 0.6 is 31.9 Å². The van der Waals surface area contributed by atoms with Crippen LogP contribution in [0.1, 0.15) is 56.5 Å². The van der Waals surface area contributed by atoms with Crippen LogP contribution in [0.4, 0.5) is 0 Å². The molecule has 2 aliphatic carbocycles. The quantitative estimate of drug-likeness (QED) is 0.463. The predicted molar refractivity (Wildman–Crippen MR) is 134 cm³/mol. The van der Waals surface area contributed by atoms with Gasteiger partial charge in [0, 0.05) is 33.1 Å². The maximum absolute atomic E-state index is 12.1. The molecule has 0 radical (unpaired) electrons. The van der Waals surface area contributed by atoms with Crippen molar-refractivity contribution in [3.8, 4) is 0 Å². The van der Waals surface area contributed by atoms with E-state index in [-0.39, 0.29) is 37.4 Å². The number of halogens is 2. The second kappa shape index (κ2) is 9.07. The lowest BCUT2D eigenvalue weighted by atomic mass is 10.2. The van der Waals surface area contributed by atoms with Gasteiger partial charge in [0.1, 0.15) is 4.90 Å². The lowest BCUT2D eigenvalue weighted by Crippen LogP contribution is -2.32. The van der Waals surface area contributed by atoms with E-state index in [0.717, 1.165) is 40.0 Å². The largest absolute Gasteiger partial charge is 0.270 e. The molecule has 0 saturated heterocycles. The Morgan fingerprint density at radius 3 is 1.82 bits per heavy atom. The average molecular weight is 622 g/mol. The molecular formula is C22H26Br2N2O5S2. The van der Waals surface area contributed by atoms with E-state index in [9.17, 15) is 21.6 Å². The smallest absolute Gasteiger partial charge is 0.268 e. The van der Waals surface area contributed by atoms with E-state index in [1.165, 1.54) is 6.07 Å². The summed E-state index contributed by atoms with van der Waals surface area (Å²) in [5, 5.41) is 0. The highest BCUT2D eigenvalue weighted by Crippen LogP contribution is 2.42. The van der Waals surface area contributed by atoms with Gasteiger partial charge in [0.15, 0.2) is 0 Å². The molecule has 4 aliphatic rings.